The summed E-state index contributed by atoms with van der Waals surface area (Å²) in [5.41, 5.74) is 3.67. The second-order valence-corrected chi connectivity index (χ2v) is 21.2. The van der Waals surface area contributed by atoms with Gasteiger partial charge in [-0.3, -0.25) is 0 Å². The second-order valence-electron chi connectivity index (χ2n) is 21.2. The first-order valence-corrected chi connectivity index (χ1v) is 28.8. The zero-order valence-corrected chi connectivity index (χ0v) is 47.3. The van der Waals surface area contributed by atoms with Gasteiger partial charge in [0.2, 0.25) is 11.9 Å². The average molecular weight is 1010 g/mol. The highest BCUT2D eigenvalue weighted by atomic mass is 16.5. The Labute approximate surface area is 446 Å². The summed E-state index contributed by atoms with van der Waals surface area (Å²) < 4.78 is 11.6. The lowest BCUT2D eigenvalue weighted by molar-refractivity contribution is 0.177. The van der Waals surface area contributed by atoms with Crippen molar-refractivity contribution in [1.82, 2.24) is 39.5 Å². The van der Waals surface area contributed by atoms with Crippen LogP contribution in [0.2, 0.25) is 0 Å². The van der Waals surface area contributed by atoms with Crippen LogP contribution in [-0.2, 0) is 0 Å². The number of nitrogens with zero attached hydrogens (tertiary/aromatic N) is 10. The van der Waals surface area contributed by atoms with Crippen molar-refractivity contribution >= 4 is 45.3 Å². The third kappa shape index (κ3) is 15.5. The Balaban J connectivity index is 0.000000216. The van der Waals surface area contributed by atoms with Crippen molar-refractivity contribution in [2.24, 2.45) is 0 Å². The lowest BCUT2D eigenvalue weighted by Gasteiger charge is -2.35. The van der Waals surface area contributed by atoms with Crippen LogP contribution in [0.3, 0.4) is 0 Å². The van der Waals surface area contributed by atoms with E-state index in [0.717, 1.165) is 198 Å². The Bertz CT molecular complexity index is 2320. The Morgan fingerprint density at radius 3 is 1.22 bits per heavy atom. The molecule has 4 aliphatic rings. The number of nitrogens with one attached hydrogen (secondary N) is 2. The number of hydrogen-bond donors (Lipinski definition) is 2. The summed E-state index contributed by atoms with van der Waals surface area (Å²) in [4.78, 5) is 34.8. The van der Waals surface area contributed by atoms with Gasteiger partial charge in [0, 0.05) is 113 Å². The SMILES string of the molecule is CCN(CC)CCC#Cc1cc2nc(N3CCCCC3)nc(NC3CCN(C(C)C)CC3)c2cc1OC.CCN(CC)CCC#Cc1cc2nc(N3CCCCC3)nc(NC3CCN(C(C)C)CC3)c2cc1OC. The van der Waals surface area contributed by atoms with Crippen LogP contribution in [0.5, 0.6) is 11.5 Å². The molecule has 0 saturated carbocycles. The summed E-state index contributed by atoms with van der Waals surface area (Å²) in [6, 6.07) is 10.4. The van der Waals surface area contributed by atoms with Crippen LogP contribution in [0.1, 0.15) is 144 Å². The molecular formula is C60H92N12O2. The topological polar surface area (TPSA) is 114 Å². The van der Waals surface area contributed by atoms with E-state index in [-0.39, 0.29) is 0 Å². The largest absolute Gasteiger partial charge is 0.495 e. The van der Waals surface area contributed by atoms with E-state index in [1.165, 1.54) is 38.5 Å². The van der Waals surface area contributed by atoms with Crippen LogP contribution in [0.25, 0.3) is 21.8 Å². The number of piperidine rings is 4. The van der Waals surface area contributed by atoms with Crippen molar-refractivity contribution in [3.63, 3.8) is 0 Å². The molecule has 2 aromatic carbocycles. The smallest absolute Gasteiger partial charge is 0.227 e. The first kappa shape index (κ1) is 56.6. The lowest BCUT2D eigenvalue weighted by Crippen LogP contribution is -2.42. The van der Waals surface area contributed by atoms with E-state index in [0.29, 0.717) is 24.2 Å². The lowest BCUT2D eigenvalue weighted by atomic mass is 10.0. The molecule has 2 N–H and O–H groups in total. The molecule has 0 aliphatic carbocycles. The highest BCUT2D eigenvalue weighted by Crippen LogP contribution is 2.34. The number of methoxy groups -OCH3 is 2. The van der Waals surface area contributed by atoms with E-state index in [2.05, 4.69) is 143 Å². The molecule has 0 unspecified atom stereocenters. The summed E-state index contributed by atoms with van der Waals surface area (Å²) >= 11 is 0. The van der Waals surface area contributed by atoms with E-state index in [1.54, 1.807) is 14.2 Å². The highest BCUT2D eigenvalue weighted by Gasteiger charge is 2.26. The molecule has 2 aromatic heterocycles. The number of aromatic nitrogens is 4. The van der Waals surface area contributed by atoms with Gasteiger partial charge in [-0.15, -0.1) is 0 Å². The predicted molar refractivity (Wildman–Crippen MR) is 310 cm³/mol. The van der Waals surface area contributed by atoms with Crippen LogP contribution in [0.15, 0.2) is 24.3 Å². The fourth-order valence-electron chi connectivity index (χ4n) is 10.8. The van der Waals surface area contributed by atoms with Gasteiger partial charge in [0.05, 0.1) is 36.4 Å². The van der Waals surface area contributed by atoms with Gasteiger partial charge in [-0.25, -0.2) is 9.97 Å². The van der Waals surface area contributed by atoms with E-state index in [4.69, 9.17) is 29.4 Å². The van der Waals surface area contributed by atoms with E-state index in [9.17, 15) is 0 Å². The van der Waals surface area contributed by atoms with Gasteiger partial charge < -0.3 is 49.5 Å². The van der Waals surface area contributed by atoms with Crippen molar-refractivity contribution in [3.05, 3.63) is 35.4 Å². The fraction of sp³-hybridized carbons (Fsp3) is 0.667. The molecule has 14 nitrogen and oxygen atoms in total. The molecule has 0 spiro atoms. The Morgan fingerprint density at radius 1 is 0.527 bits per heavy atom. The summed E-state index contributed by atoms with van der Waals surface area (Å²) in [7, 11) is 3.44. The normalized spacial score (nSPS) is 17.3. The molecular weight excluding hydrogens is 921 g/mol. The zero-order chi connectivity index (χ0) is 52.4. The van der Waals surface area contributed by atoms with Crippen molar-refractivity contribution in [2.75, 3.05) is 126 Å². The fourth-order valence-corrected chi connectivity index (χ4v) is 10.8. The molecule has 4 aromatic rings. The number of benzene rings is 2. The quantitative estimate of drug-likeness (QED) is 0.0923. The third-order valence-electron chi connectivity index (χ3n) is 15.8. The maximum absolute atomic E-state index is 5.79. The van der Waals surface area contributed by atoms with E-state index in [1.807, 2.05) is 0 Å². The van der Waals surface area contributed by atoms with Gasteiger partial charge in [0.25, 0.3) is 0 Å². The van der Waals surface area contributed by atoms with Gasteiger partial charge in [-0.1, -0.05) is 51.4 Å². The standard InChI is InChI=1S/2C30H46N6O/c2*1-6-34(7-2)16-12-9-13-24-21-27-26(22-28(24)37-5)29(31-25-14-19-35(20-15-25)23(3)4)33-30(32-27)36-17-10-8-11-18-36/h2*21-23,25H,6-8,10-12,14-20H2,1-5H3,(H,31,32,33). The second kappa shape index (κ2) is 28.7. The Hall–Kier alpha value is -5.12. The molecule has 0 bridgehead atoms. The number of fused-ring (bicyclic) bond motifs is 2. The number of likely N-dealkylation sites (tertiary alicyclic amines) is 2. The maximum Gasteiger partial charge on any atom is 0.227 e. The third-order valence-corrected chi connectivity index (χ3v) is 15.8. The first-order chi connectivity index (χ1) is 36.0. The number of ether oxygens (including phenoxy) is 2. The Morgan fingerprint density at radius 2 is 0.892 bits per heavy atom. The number of hydrogen-bond acceptors (Lipinski definition) is 14. The van der Waals surface area contributed by atoms with Gasteiger partial charge in [-0.05, 0) is 142 Å². The first-order valence-electron chi connectivity index (χ1n) is 28.8. The molecule has 4 aliphatic heterocycles. The molecule has 4 fully saturated rings. The summed E-state index contributed by atoms with van der Waals surface area (Å²) in [6.45, 7) is 32.7. The minimum atomic E-state index is 0.410. The minimum absolute atomic E-state index is 0.410. The van der Waals surface area contributed by atoms with E-state index >= 15 is 0 Å². The molecule has 0 radical (unpaired) electrons. The summed E-state index contributed by atoms with van der Waals surface area (Å²) in [6.07, 6.45) is 13.5. The molecule has 8 rings (SSSR count). The number of anilines is 4. The molecule has 404 valence electrons. The minimum Gasteiger partial charge on any atom is -0.495 e. The van der Waals surface area contributed by atoms with Crippen LogP contribution < -0.4 is 29.9 Å². The Kier molecular flexibility index (Phi) is 21.9. The van der Waals surface area contributed by atoms with Gasteiger partial charge in [0.15, 0.2) is 0 Å². The highest BCUT2D eigenvalue weighted by molar-refractivity contribution is 5.94. The zero-order valence-electron chi connectivity index (χ0n) is 47.3. The van der Waals surface area contributed by atoms with Gasteiger partial charge in [0.1, 0.15) is 23.1 Å². The number of rotatable bonds is 18. The maximum atomic E-state index is 5.79. The van der Waals surface area contributed by atoms with Crippen LogP contribution in [0, 0.1) is 23.7 Å². The molecule has 0 atom stereocenters. The summed E-state index contributed by atoms with van der Waals surface area (Å²) in [5.74, 6) is 18.6. The molecule has 0 amide bonds. The molecule has 74 heavy (non-hydrogen) atoms. The van der Waals surface area contributed by atoms with Crippen molar-refractivity contribution in [2.45, 2.75) is 157 Å². The van der Waals surface area contributed by atoms with E-state index < -0.39 is 0 Å². The van der Waals surface area contributed by atoms with Gasteiger partial charge >= 0.3 is 0 Å². The van der Waals surface area contributed by atoms with Crippen molar-refractivity contribution in [3.8, 4) is 35.2 Å². The van der Waals surface area contributed by atoms with Gasteiger partial charge in [-0.2, -0.15) is 9.97 Å². The van der Waals surface area contributed by atoms with Crippen LogP contribution >= 0.6 is 0 Å². The summed E-state index contributed by atoms with van der Waals surface area (Å²) in [5, 5.41) is 9.64. The molecule has 4 saturated heterocycles. The van der Waals surface area contributed by atoms with Crippen molar-refractivity contribution in [1.29, 1.82) is 0 Å². The van der Waals surface area contributed by atoms with Crippen LogP contribution in [0.4, 0.5) is 23.5 Å². The molecule has 6 heterocycles. The predicted octanol–water partition coefficient (Wildman–Crippen LogP) is 9.99. The average Bonchev–Trinajstić information content (AvgIpc) is 3.43. The molecule has 14 heteroatoms. The van der Waals surface area contributed by atoms with Crippen molar-refractivity contribution < 1.29 is 9.47 Å². The monoisotopic (exact) mass is 1010 g/mol. The van der Waals surface area contributed by atoms with Crippen LogP contribution in [-0.4, -0.2) is 170 Å².